The van der Waals surface area contributed by atoms with Gasteiger partial charge in [-0.3, -0.25) is 4.79 Å². The van der Waals surface area contributed by atoms with E-state index in [1.54, 1.807) is 0 Å². The summed E-state index contributed by atoms with van der Waals surface area (Å²) in [5.74, 6) is 0.156. The Hall–Kier alpha value is -0.780. The van der Waals surface area contributed by atoms with Crippen molar-refractivity contribution in [2.75, 3.05) is 20.1 Å². The molecule has 0 aliphatic carbocycles. The lowest BCUT2D eigenvalue weighted by atomic mass is 10.0. The molecular weight excluding hydrogens is 301 g/mol. The van der Waals surface area contributed by atoms with Gasteiger partial charge in [-0.2, -0.15) is 0 Å². The number of nitrogens with zero attached hydrogens (tertiary/aromatic N) is 2. The Bertz CT molecular complexity index is 425. The molecule has 0 radical (unpaired) electrons. The number of piperidine rings is 1. The lowest BCUT2D eigenvalue weighted by molar-refractivity contribution is -0.132. The van der Waals surface area contributed by atoms with Crippen molar-refractivity contribution in [2.24, 2.45) is 0 Å². The van der Waals surface area contributed by atoms with E-state index >= 15 is 0 Å². The van der Waals surface area contributed by atoms with Crippen molar-refractivity contribution in [1.82, 2.24) is 15.4 Å². The molecule has 1 fully saturated rings. The Morgan fingerprint density at radius 1 is 1.50 bits per heavy atom. The fourth-order valence-electron chi connectivity index (χ4n) is 2.45. The first kappa shape index (κ1) is 17.3. The minimum atomic E-state index is 0. The number of aryl methyl sites for hydroxylation is 1. The standard InChI is InChI=1S/C13H20ClN3O2.ClH/c1-9-11(13(14)19-16-9)3-4-12(18)17(2)10-5-7-15-8-6-10;/h10,15H,3-8H2,1-2H3;1H. The lowest BCUT2D eigenvalue weighted by Crippen LogP contribution is -2.44. The molecule has 1 aliphatic heterocycles. The Morgan fingerprint density at radius 3 is 2.70 bits per heavy atom. The van der Waals surface area contributed by atoms with Gasteiger partial charge in [0.15, 0.2) is 0 Å². The van der Waals surface area contributed by atoms with Gasteiger partial charge < -0.3 is 14.7 Å². The molecule has 1 N–H and O–H groups in total. The summed E-state index contributed by atoms with van der Waals surface area (Å²) in [5, 5.41) is 7.39. The molecular formula is C13H21Cl2N3O2. The molecule has 0 unspecified atom stereocenters. The second-order valence-electron chi connectivity index (χ2n) is 5.01. The number of rotatable bonds is 4. The number of carbonyl (C=O) groups is 1. The second-order valence-corrected chi connectivity index (χ2v) is 5.35. The van der Waals surface area contributed by atoms with E-state index in [-0.39, 0.29) is 18.3 Å². The summed E-state index contributed by atoms with van der Waals surface area (Å²) in [7, 11) is 1.89. The topological polar surface area (TPSA) is 58.4 Å². The molecule has 0 aromatic carbocycles. The Labute approximate surface area is 130 Å². The highest BCUT2D eigenvalue weighted by Crippen LogP contribution is 2.21. The highest BCUT2D eigenvalue weighted by atomic mass is 35.5. The minimum Gasteiger partial charge on any atom is -0.344 e. The Kier molecular flexibility index (Phi) is 6.79. The van der Waals surface area contributed by atoms with Crippen LogP contribution in [0, 0.1) is 6.92 Å². The van der Waals surface area contributed by atoms with E-state index in [0.29, 0.717) is 24.1 Å². The summed E-state index contributed by atoms with van der Waals surface area (Å²) in [6.45, 7) is 3.81. The third kappa shape index (κ3) is 4.11. The van der Waals surface area contributed by atoms with Gasteiger partial charge in [0.05, 0.1) is 5.69 Å². The van der Waals surface area contributed by atoms with Gasteiger partial charge in [-0.25, -0.2) is 0 Å². The monoisotopic (exact) mass is 321 g/mol. The molecule has 5 nitrogen and oxygen atoms in total. The highest BCUT2D eigenvalue weighted by Gasteiger charge is 2.22. The summed E-state index contributed by atoms with van der Waals surface area (Å²) in [5.41, 5.74) is 1.61. The summed E-state index contributed by atoms with van der Waals surface area (Å²) in [4.78, 5) is 14.0. The van der Waals surface area contributed by atoms with Gasteiger partial charge in [0.1, 0.15) is 0 Å². The van der Waals surface area contributed by atoms with E-state index in [1.165, 1.54) is 0 Å². The molecule has 1 aromatic rings. The van der Waals surface area contributed by atoms with Crippen molar-refractivity contribution in [1.29, 1.82) is 0 Å². The number of hydrogen-bond donors (Lipinski definition) is 1. The predicted molar refractivity (Wildman–Crippen MR) is 80.5 cm³/mol. The normalized spacial score (nSPS) is 15.8. The molecule has 2 heterocycles. The molecule has 114 valence electrons. The number of carbonyl (C=O) groups excluding carboxylic acids is 1. The number of nitrogens with one attached hydrogen (secondary N) is 1. The van der Waals surface area contributed by atoms with Crippen molar-refractivity contribution in [3.63, 3.8) is 0 Å². The number of hydrogen-bond acceptors (Lipinski definition) is 4. The van der Waals surface area contributed by atoms with Gasteiger partial charge in [-0.1, -0.05) is 5.16 Å². The average Bonchev–Trinajstić information content (AvgIpc) is 2.75. The zero-order valence-electron chi connectivity index (χ0n) is 11.8. The van der Waals surface area contributed by atoms with Gasteiger partial charge in [-0.15, -0.1) is 12.4 Å². The Morgan fingerprint density at radius 2 is 2.15 bits per heavy atom. The van der Waals surface area contributed by atoms with Crippen LogP contribution in [-0.4, -0.2) is 42.1 Å². The summed E-state index contributed by atoms with van der Waals surface area (Å²) in [6.07, 6.45) is 3.08. The first-order chi connectivity index (χ1) is 9.09. The largest absolute Gasteiger partial charge is 0.344 e. The molecule has 0 bridgehead atoms. The SMILES string of the molecule is Cc1noc(Cl)c1CCC(=O)N(C)C1CCNCC1.Cl. The van der Waals surface area contributed by atoms with Gasteiger partial charge in [0.25, 0.3) is 0 Å². The van der Waals surface area contributed by atoms with E-state index in [9.17, 15) is 4.79 Å². The lowest BCUT2D eigenvalue weighted by Gasteiger charge is -2.31. The maximum atomic E-state index is 12.2. The predicted octanol–water partition coefficient (Wildman–Crippen LogP) is 2.20. The zero-order valence-corrected chi connectivity index (χ0v) is 13.4. The summed E-state index contributed by atoms with van der Waals surface area (Å²) in [6, 6.07) is 0.354. The Balaban J connectivity index is 0.00000200. The number of halogens is 2. The molecule has 1 saturated heterocycles. The minimum absolute atomic E-state index is 0. The zero-order chi connectivity index (χ0) is 13.8. The fraction of sp³-hybridized carbons (Fsp3) is 0.692. The van der Waals surface area contributed by atoms with E-state index in [1.807, 2.05) is 18.9 Å². The molecule has 0 atom stereocenters. The quantitative estimate of drug-likeness (QED) is 0.923. The van der Waals surface area contributed by atoms with Crippen molar-refractivity contribution in [2.45, 2.75) is 38.6 Å². The third-order valence-corrected chi connectivity index (χ3v) is 4.07. The molecule has 0 saturated carbocycles. The second kappa shape index (κ2) is 7.86. The van der Waals surface area contributed by atoms with Gasteiger partial charge in [-0.05, 0) is 50.9 Å². The molecule has 20 heavy (non-hydrogen) atoms. The smallest absolute Gasteiger partial charge is 0.229 e. The first-order valence-electron chi connectivity index (χ1n) is 6.66. The highest BCUT2D eigenvalue weighted by molar-refractivity contribution is 6.29. The van der Waals surface area contributed by atoms with Crippen molar-refractivity contribution in [3.05, 3.63) is 16.5 Å². The molecule has 0 spiro atoms. The van der Waals surface area contributed by atoms with E-state index < -0.39 is 0 Å². The molecule has 1 amide bonds. The fourth-order valence-corrected chi connectivity index (χ4v) is 2.71. The van der Waals surface area contributed by atoms with Gasteiger partial charge in [0, 0.05) is 25.1 Å². The summed E-state index contributed by atoms with van der Waals surface area (Å²) < 4.78 is 4.89. The molecule has 7 heteroatoms. The van der Waals surface area contributed by atoms with Gasteiger partial charge in [0.2, 0.25) is 11.1 Å². The van der Waals surface area contributed by atoms with Crippen LogP contribution in [-0.2, 0) is 11.2 Å². The maximum absolute atomic E-state index is 12.2. The van der Waals surface area contributed by atoms with Crippen LogP contribution in [0.4, 0.5) is 0 Å². The van der Waals surface area contributed by atoms with Crippen molar-refractivity contribution < 1.29 is 9.32 Å². The van der Waals surface area contributed by atoms with Crippen LogP contribution in [0.1, 0.15) is 30.5 Å². The van der Waals surface area contributed by atoms with Gasteiger partial charge >= 0.3 is 0 Å². The maximum Gasteiger partial charge on any atom is 0.229 e. The van der Waals surface area contributed by atoms with Crippen LogP contribution in [0.2, 0.25) is 5.22 Å². The first-order valence-corrected chi connectivity index (χ1v) is 7.04. The van der Waals surface area contributed by atoms with Crippen LogP contribution in [0.15, 0.2) is 4.52 Å². The molecule has 1 aromatic heterocycles. The number of aromatic nitrogens is 1. The van der Waals surface area contributed by atoms with Crippen LogP contribution >= 0.6 is 24.0 Å². The van der Waals surface area contributed by atoms with E-state index in [4.69, 9.17) is 16.1 Å². The van der Waals surface area contributed by atoms with Crippen LogP contribution in [0.25, 0.3) is 0 Å². The molecule has 2 rings (SSSR count). The van der Waals surface area contributed by atoms with Crippen LogP contribution in [0.5, 0.6) is 0 Å². The van der Waals surface area contributed by atoms with E-state index in [0.717, 1.165) is 37.2 Å². The van der Waals surface area contributed by atoms with Crippen LogP contribution in [0.3, 0.4) is 0 Å². The van der Waals surface area contributed by atoms with Crippen molar-refractivity contribution >= 4 is 29.9 Å². The van der Waals surface area contributed by atoms with Crippen molar-refractivity contribution in [3.8, 4) is 0 Å². The third-order valence-electron chi connectivity index (χ3n) is 3.78. The summed E-state index contributed by atoms with van der Waals surface area (Å²) >= 11 is 5.89. The number of amides is 1. The van der Waals surface area contributed by atoms with Crippen LogP contribution < -0.4 is 5.32 Å². The molecule has 1 aliphatic rings. The van der Waals surface area contributed by atoms with E-state index in [2.05, 4.69) is 10.5 Å². The average molecular weight is 322 g/mol.